The van der Waals surface area contributed by atoms with E-state index in [-0.39, 0.29) is 0 Å². The Hall–Kier alpha value is -2.46. The highest BCUT2D eigenvalue weighted by Gasteiger charge is 2.20. The molecule has 0 aromatic heterocycles. The first kappa shape index (κ1) is 19.9. The zero-order valence-corrected chi connectivity index (χ0v) is 16.8. The number of ether oxygens (including phenoxy) is 3. The Labute approximate surface area is 159 Å². The summed E-state index contributed by atoms with van der Waals surface area (Å²) < 4.78 is 17.8. The lowest BCUT2D eigenvalue weighted by atomic mass is 10.1. The highest BCUT2D eigenvalue weighted by molar-refractivity contribution is 6.68. The largest absolute Gasteiger partial charge is 0.493 e. The number of benzene rings is 2. The van der Waals surface area contributed by atoms with E-state index in [0.29, 0.717) is 35.1 Å². The van der Waals surface area contributed by atoms with Crippen molar-refractivity contribution in [3.8, 4) is 17.2 Å². The van der Waals surface area contributed by atoms with Crippen molar-refractivity contribution in [1.29, 1.82) is 0 Å². The van der Waals surface area contributed by atoms with Gasteiger partial charge in [0.05, 0.1) is 25.4 Å². The maximum Gasteiger partial charge on any atom is 0.171 e. The third kappa shape index (κ3) is 4.58. The maximum atomic E-state index is 5.98. The van der Waals surface area contributed by atoms with E-state index < -0.39 is 0 Å². The molecule has 2 aromatic carbocycles. The second-order valence-electron chi connectivity index (χ2n) is 5.45. The molecule has 0 saturated carbocycles. The fraction of sp³-hybridized carbons (Fsp3) is 0.273. The first-order valence-corrected chi connectivity index (χ1v) is 9.89. The minimum atomic E-state index is 0.429. The van der Waals surface area contributed by atoms with E-state index in [9.17, 15) is 0 Å². The molecule has 136 valence electrons. The average Bonchev–Trinajstić information content (AvgIpc) is 2.66. The molecule has 2 aromatic rings. The van der Waals surface area contributed by atoms with Gasteiger partial charge in [0.2, 0.25) is 0 Å². The summed E-state index contributed by atoms with van der Waals surface area (Å²) in [6, 6.07) is 10.4. The molecule has 3 nitrogen and oxygen atoms in total. The molecule has 0 aliphatic heterocycles. The number of rotatable bonds is 10. The van der Waals surface area contributed by atoms with Crippen LogP contribution in [0.3, 0.4) is 0 Å². The molecule has 0 atom stereocenters. The molecule has 0 bridgehead atoms. The van der Waals surface area contributed by atoms with E-state index in [1.54, 1.807) is 6.08 Å². The molecule has 26 heavy (non-hydrogen) atoms. The summed E-state index contributed by atoms with van der Waals surface area (Å²) in [7, 11) is 0.429. The molecule has 0 saturated heterocycles. The standard InChI is InChI=1S/C22H26O3Si/c1-6-16-11-13-17(14-12-16)26-20-15-19(23-8-3)18(7-2)21(24-9-4)22(20)25-10-5/h6-7,11-15H,1-2,8-10H2,3-5H3. The van der Waals surface area contributed by atoms with Crippen molar-refractivity contribution in [2.75, 3.05) is 19.8 Å². The van der Waals surface area contributed by atoms with Crippen LogP contribution in [0.15, 0.2) is 43.5 Å². The molecular weight excluding hydrogens is 340 g/mol. The van der Waals surface area contributed by atoms with Gasteiger partial charge in [0, 0.05) is 0 Å². The summed E-state index contributed by atoms with van der Waals surface area (Å²) in [5.41, 5.74) is 1.95. The molecule has 2 radical (unpaired) electrons. The Morgan fingerprint density at radius 2 is 1.46 bits per heavy atom. The minimum Gasteiger partial charge on any atom is -0.493 e. The molecule has 0 aliphatic rings. The lowest BCUT2D eigenvalue weighted by molar-refractivity contribution is 0.284. The summed E-state index contributed by atoms with van der Waals surface area (Å²) in [6.07, 6.45) is 3.61. The van der Waals surface area contributed by atoms with Gasteiger partial charge in [-0.2, -0.15) is 0 Å². The second-order valence-corrected chi connectivity index (χ2v) is 6.81. The van der Waals surface area contributed by atoms with Crippen LogP contribution in [-0.2, 0) is 0 Å². The molecule has 0 N–H and O–H groups in total. The molecular formula is C22H26O3Si. The van der Waals surface area contributed by atoms with Crippen LogP contribution in [0.25, 0.3) is 12.2 Å². The second kappa shape index (κ2) is 9.87. The number of hydrogen-bond donors (Lipinski definition) is 0. The quantitative estimate of drug-likeness (QED) is 0.598. The minimum absolute atomic E-state index is 0.429. The molecule has 0 fully saturated rings. The van der Waals surface area contributed by atoms with Gasteiger partial charge >= 0.3 is 0 Å². The van der Waals surface area contributed by atoms with E-state index in [1.807, 2.05) is 32.9 Å². The summed E-state index contributed by atoms with van der Waals surface area (Å²) in [5, 5.41) is 2.28. The normalized spacial score (nSPS) is 10.3. The topological polar surface area (TPSA) is 27.7 Å². The van der Waals surface area contributed by atoms with Crippen LogP contribution >= 0.6 is 0 Å². The van der Waals surface area contributed by atoms with Crippen molar-refractivity contribution < 1.29 is 14.2 Å². The average molecular weight is 367 g/mol. The smallest absolute Gasteiger partial charge is 0.171 e. The van der Waals surface area contributed by atoms with Gasteiger partial charge in [-0.05, 0) is 37.6 Å². The van der Waals surface area contributed by atoms with Gasteiger partial charge < -0.3 is 14.2 Å². The van der Waals surface area contributed by atoms with Gasteiger partial charge in [-0.25, -0.2) is 0 Å². The van der Waals surface area contributed by atoms with Gasteiger partial charge in [-0.3, -0.25) is 0 Å². The van der Waals surface area contributed by atoms with Crippen LogP contribution in [0.4, 0.5) is 0 Å². The molecule has 4 heteroatoms. The van der Waals surface area contributed by atoms with Gasteiger partial charge in [-0.1, -0.05) is 54.8 Å². The fourth-order valence-corrected chi connectivity index (χ4v) is 3.77. The summed E-state index contributed by atoms with van der Waals surface area (Å²) in [6.45, 7) is 15.3. The van der Waals surface area contributed by atoms with Gasteiger partial charge in [-0.15, -0.1) is 0 Å². The zero-order chi connectivity index (χ0) is 18.9. The Kier molecular flexibility index (Phi) is 7.54. The van der Waals surface area contributed by atoms with E-state index in [0.717, 1.165) is 27.8 Å². The molecule has 0 unspecified atom stereocenters. The van der Waals surface area contributed by atoms with Crippen LogP contribution < -0.4 is 24.6 Å². The predicted molar refractivity (Wildman–Crippen MR) is 112 cm³/mol. The maximum absolute atomic E-state index is 5.98. The highest BCUT2D eigenvalue weighted by atomic mass is 28.2. The lowest BCUT2D eigenvalue weighted by Crippen LogP contribution is -2.29. The molecule has 0 aliphatic carbocycles. The Morgan fingerprint density at radius 3 is 2.00 bits per heavy atom. The van der Waals surface area contributed by atoms with Gasteiger partial charge in [0.25, 0.3) is 0 Å². The first-order valence-electron chi connectivity index (χ1n) is 8.89. The van der Waals surface area contributed by atoms with Crippen molar-refractivity contribution in [1.82, 2.24) is 0 Å². The highest BCUT2D eigenvalue weighted by Crippen LogP contribution is 2.37. The molecule has 0 spiro atoms. The SMILES string of the molecule is C=Cc1ccc([Si]c2cc(OCC)c(C=C)c(OCC)c2OCC)cc1. The van der Waals surface area contributed by atoms with Crippen molar-refractivity contribution in [2.45, 2.75) is 20.8 Å². The summed E-state index contributed by atoms with van der Waals surface area (Å²) >= 11 is 0. The fourth-order valence-electron chi connectivity index (χ4n) is 2.63. The van der Waals surface area contributed by atoms with Crippen LogP contribution in [0.1, 0.15) is 31.9 Å². The number of hydrogen-bond acceptors (Lipinski definition) is 3. The first-order chi connectivity index (χ1) is 12.7. The summed E-state index contributed by atoms with van der Waals surface area (Å²) in [4.78, 5) is 0. The van der Waals surface area contributed by atoms with Crippen molar-refractivity contribution in [3.05, 3.63) is 54.6 Å². The van der Waals surface area contributed by atoms with Crippen LogP contribution in [0.2, 0.25) is 0 Å². The third-order valence-electron chi connectivity index (χ3n) is 3.74. The van der Waals surface area contributed by atoms with Crippen LogP contribution in [0, 0.1) is 0 Å². The van der Waals surface area contributed by atoms with E-state index in [4.69, 9.17) is 14.2 Å². The third-order valence-corrected chi connectivity index (χ3v) is 5.01. The monoisotopic (exact) mass is 366 g/mol. The van der Waals surface area contributed by atoms with Gasteiger partial charge in [0.15, 0.2) is 11.5 Å². The van der Waals surface area contributed by atoms with Crippen molar-refractivity contribution in [2.24, 2.45) is 0 Å². The van der Waals surface area contributed by atoms with E-state index in [1.165, 1.54) is 5.19 Å². The predicted octanol–water partition coefficient (Wildman–Crippen LogP) is 3.82. The zero-order valence-electron chi connectivity index (χ0n) is 15.8. The van der Waals surface area contributed by atoms with Crippen LogP contribution in [-0.4, -0.2) is 29.3 Å². The molecule has 0 amide bonds. The van der Waals surface area contributed by atoms with Crippen molar-refractivity contribution in [3.63, 3.8) is 0 Å². The van der Waals surface area contributed by atoms with Crippen LogP contribution in [0.5, 0.6) is 17.2 Å². The van der Waals surface area contributed by atoms with Gasteiger partial charge in [0.1, 0.15) is 15.3 Å². The summed E-state index contributed by atoms with van der Waals surface area (Å²) in [5.74, 6) is 2.26. The molecule has 2 rings (SSSR count). The Bertz CT molecular complexity index is 751. The Morgan fingerprint density at radius 1 is 0.846 bits per heavy atom. The van der Waals surface area contributed by atoms with Crippen molar-refractivity contribution >= 4 is 32.0 Å². The van der Waals surface area contributed by atoms with E-state index >= 15 is 0 Å². The molecule has 0 heterocycles. The lowest BCUT2D eigenvalue weighted by Gasteiger charge is -2.20. The van der Waals surface area contributed by atoms with E-state index in [2.05, 4.69) is 37.4 Å². The Balaban J connectivity index is 2.56.